The molecule has 7 heteroatoms. The first-order valence-corrected chi connectivity index (χ1v) is 10.2. The van der Waals surface area contributed by atoms with Crippen molar-refractivity contribution in [3.8, 4) is 0 Å². The Bertz CT molecular complexity index is 619. The van der Waals surface area contributed by atoms with Crippen molar-refractivity contribution in [1.82, 2.24) is 15.5 Å². The molecule has 2 aliphatic rings. The van der Waals surface area contributed by atoms with Gasteiger partial charge in [-0.05, 0) is 36.1 Å². The Hall–Kier alpha value is -0.960. The maximum Gasteiger partial charge on any atom is 0.222 e. The highest BCUT2D eigenvalue weighted by Gasteiger charge is 2.21. The summed E-state index contributed by atoms with van der Waals surface area (Å²) in [6, 6.07) is 8.35. The van der Waals surface area contributed by atoms with Crippen molar-refractivity contribution >= 4 is 47.6 Å². The summed E-state index contributed by atoms with van der Waals surface area (Å²) in [5, 5.41) is 7.55. The van der Waals surface area contributed by atoms with Crippen molar-refractivity contribution in [3.05, 3.63) is 35.4 Å². The molecule has 0 bridgehead atoms. The van der Waals surface area contributed by atoms with Crippen LogP contribution < -0.4 is 10.6 Å². The number of nitrogens with zero attached hydrogens (tertiary/aromatic N) is 2. The third-order valence-corrected chi connectivity index (χ3v) is 6.24. The third-order valence-electron chi connectivity index (χ3n) is 4.84. The fourth-order valence-corrected chi connectivity index (χ4v) is 4.58. The van der Waals surface area contributed by atoms with Crippen molar-refractivity contribution < 1.29 is 4.79 Å². The van der Waals surface area contributed by atoms with Crippen LogP contribution in [0.2, 0.25) is 0 Å². The molecule has 144 valence electrons. The lowest BCUT2D eigenvalue weighted by Gasteiger charge is -2.19. The van der Waals surface area contributed by atoms with Crippen LogP contribution in [0.3, 0.4) is 0 Å². The third kappa shape index (κ3) is 6.04. The second-order valence-corrected chi connectivity index (χ2v) is 8.04. The molecule has 1 aromatic carbocycles. The van der Waals surface area contributed by atoms with E-state index in [4.69, 9.17) is 0 Å². The lowest BCUT2D eigenvalue weighted by molar-refractivity contribution is -0.128. The van der Waals surface area contributed by atoms with E-state index in [0.29, 0.717) is 18.2 Å². The number of aliphatic imine (C=N–C) groups is 1. The molecule has 2 fully saturated rings. The van der Waals surface area contributed by atoms with E-state index in [9.17, 15) is 4.79 Å². The van der Waals surface area contributed by atoms with E-state index in [2.05, 4.69) is 33.8 Å². The smallest absolute Gasteiger partial charge is 0.222 e. The van der Waals surface area contributed by atoms with E-state index < -0.39 is 0 Å². The van der Waals surface area contributed by atoms with Gasteiger partial charge in [0.25, 0.3) is 0 Å². The molecule has 5 nitrogen and oxygen atoms in total. The fourth-order valence-electron chi connectivity index (χ4n) is 3.38. The van der Waals surface area contributed by atoms with E-state index in [1.807, 2.05) is 29.8 Å². The van der Waals surface area contributed by atoms with Gasteiger partial charge in [-0.1, -0.05) is 24.3 Å². The zero-order chi connectivity index (χ0) is 17.5. The maximum atomic E-state index is 11.9. The van der Waals surface area contributed by atoms with Gasteiger partial charge in [0.2, 0.25) is 5.91 Å². The highest BCUT2D eigenvalue weighted by atomic mass is 127. The minimum Gasteiger partial charge on any atom is -0.355 e. The molecule has 0 spiro atoms. The van der Waals surface area contributed by atoms with Gasteiger partial charge in [-0.25, -0.2) is 0 Å². The van der Waals surface area contributed by atoms with Crippen molar-refractivity contribution in [2.75, 3.05) is 25.9 Å². The minimum atomic E-state index is 0. The van der Waals surface area contributed by atoms with E-state index in [0.717, 1.165) is 32.0 Å². The number of hydrogen-bond acceptors (Lipinski definition) is 3. The fraction of sp³-hybridized carbons (Fsp3) is 0.579. The molecule has 0 saturated carbocycles. The van der Waals surface area contributed by atoms with E-state index >= 15 is 0 Å². The van der Waals surface area contributed by atoms with E-state index in [1.165, 1.54) is 29.7 Å². The summed E-state index contributed by atoms with van der Waals surface area (Å²) >= 11 is 2.05. The Morgan fingerprint density at radius 3 is 2.73 bits per heavy atom. The summed E-state index contributed by atoms with van der Waals surface area (Å²) < 4.78 is 0. The Morgan fingerprint density at radius 2 is 2.08 bits per heavy atom. The van der Waals surface area contributed by atoms with Crippen LogP contribution in [0.4, 0.5) is 0 Å². The van der Waals surface area contributed by atoms with Gasteiger partial charge in [0.05, 0.1) is 0 Å². The lowest BCUT2D eigenvalue weighted by atomic mass is 10.1. The van der Waals surface area contributed by atoms with Crippen LogP contribution in [0.25, 0.3) is 0 Å². The van der Waals surface area contributed by atoms with Crippen LogP contribution in [0.15, 0.2) is 29.3 Å². The van der Waals surface area contributed by atoms with Gasteiger partial charge in [-0.3, -0.25) is 9.79 Å². The van der Waals surface area contributed by atoms with Gasteiger partial charge in [0.15, 0.2) is 5.96 Å². The summed E-state index contributed by atoms with van der Waals surface area (Å²) in [6.45, 7) is 3.27. The first-order valence-electron chi connectivity index (χ1n) is 9.17. The van der Waals surface area contributed by atoms with Crippen LogP contribution in [0.1, 0.15) is 36.8 Å². The molecule has 1 amide bonds. The number of carbonyl (C=O) groups is 1. The SMILES string of the molecule is CN=C(NCc1ccccc1CN1CCCC1=O)NCC1CCCS1.I. The van der Waals surface area contributed by atoms with E-state index in [-0.39, 0.29) is 29.9 Å². The molecule has 1 atom stereocenters. The average molecular weight is 488 g/mol. The molecule has 1 unspecified atom stereocenters. The summed E-state index contributed by atoms with van der Waals surface area (Å²) in [5.41, 5.74) is 2.44. The van der Waals surface area contributed by atoms with Crippen molar-refractivity contribution in [1.29, 1.82) is 0 Å². The standard InChI is InChI=1S/C19H28N4OS.HI/c1-20-19(22-13-17-8-5-11-25-17)21-12-15-6-2-3-7-16(15)14-23-10-4-9-18(23)24;/h2-3,6-7,17H,4-5,8-14H2,1H3,(H2,20,21,22);1H. The number of guanidine groups is 1. The predicted octanol–water partition coefficient (Wildman–Crippen LogP) is 2.99. The number of amides is 1. The number of likely N-dealkylation sites (tertiary alicyclic amines) is 1. The van der Waals surface area contributed by atoms with Crippen LogP contribution in [0, 0.1) is 0 Å². The molecule has 1 aromatic rings. The van der Waals surface area contributed by atoms with Gasteiger partial charge in [-0.2, -0.15) is 11.8 Å². The Morgan fingerprint density at radius 1 is 1.27 bits per heavy atom. The van der Waals surface area contributed by atoms with Crippen LogP contribution in [0.5, 0.6) is 0 Å². The normalized spacial score (nSPS) is 20.2. The van der Waals surface area contributed by atoms with E-state index in [1.54, 1.807) is 0 Å². The Balaban J connectivity index is 0.00000243. The molecule has 2 saturated heterocycles. The van der Waals surface area contributed by atoms with Crippen molar-refractivity contribution in [2.24, 2.45) is 4.99 Å². The number of thioether (sulfide) groups is 1. The average Bonchev–Trinajstić information content (AvgIpc) is 3.29. The molecule has 0 aromatic heterocycles. The molecule has 2 N–H and O–H groups in total. The lowest BCUT2D eigenvalue weighted by Crippen LogP contribution is -2.40. The molecule has 3 rings (SSSR count). The molecule has 0 aliphatic carbocycles. The molecule has 2 heterocycles. The summed E-state index contributed by atoms with van der Waals surface area (Å²) in [6.07, 6.45) is 4.29. The van der Waals surface area contributed by atoms with Gasteiger partial charge >= 0.3 is 0 Å². The molecule has 2 aliphatic heterocycles. The number of rotatable bonds is 6. The van der Waals surface area contributed by atoms with Crippen molar-refractivity contribution in [3.63, 3.8) is 0 Å². The zero-order valence-corrected chi connectivity index (χ0v) is 18.5. The highest BCUT2D eigenvalue weighted by molar-refractivity contribution is 14.0. The molecule has 0 radical (unpaired) electrons. The largest absolute Gasteiger partial charge is 0.355 e. The number of carbonyl (C=O) groups excluding carboxylic acids is 1. The molecule has 26 heavy (non-hydrogen) atoms. The quantitative estimate of drug-likeness (QED) is 0.368. The number of nitrogens with one attached hydrogen (secondary N) is 2. The minimum absolute atomic E-state index is 0. The monoisotopic (exact) mass is 488 g/mol. The highest BCUT2D eigenvalue weighted by Crippen LogP contribution is 2.25. The van der Waals surface area contributed by atoms with Crippen LogP contribution in [-0.2, 0) is 17.9 Å². The van der Waals surface area contributed by atoms with Gasteiger partial charge in [-0.15, -0.1) is 24.0 Å². The van der Waals surface area contributed by atoms with Crippen LogP contribution >= 0.6 is 35.7 Å². The first kappa shape index (κ1) is 21.3. The first-order chi connectivity index (χ1) is 12.3. The zero-order valence-electron chi connectivity index (χ0n) is 15.4. The second-order valence-electron chi connectivity index (χ2n) is 6.63. The van der Waals surface area contributed by atoms with Crippen LogP contribution in [-0.4, -0.2) is 47.9 Å². The predicted molar refractivity (Wildman–Crippen MR) is 120 cm³/mol. The van der Waals surface area contributed by atoms with Crippen molar-refractivity contribution in [2.45, 2.75) is 44.0 Å². The number of halogens is 1. The van der Waals surface area contributed by atoms with Gasteiger partial charge < -0.3 is 15.5 Å². The van der Waals surface area contributed by atoms with Gasteiger partial charge in [0, 0.05) is 44.9 Å². The Kier molecular flexibility index (Phi) is 9.04. The summed E-state index contributed by atoms with van der Waals surface area (Å²) in [4.78, 5) is 18.2. The number of hydrogen-bond donors (Lipinski definition) is 2. The number of benzene rings is 1. The maximum absolute atomic E-state index is 11.9. The van der Waals surface area contributed by atoms with Gasteiger partial charge in [0.1, 0.15) is 0 Å². The molecular weight excluding hydrogens is 459 g/mol. The summed E-state index contributed by atoms with van der Waals surface area (Å²) in [5.74, 6) is 2.40. The topological polar surface area (TPSA) is 56.7 Å². The summed E-state index contributed by atoms with van der Waals surface area (Å²) in [7, 11) is 1.81. The Labute approximate surface area is 177 Å². The second kappa shape index (κ2) is 11.0. The molecular formula is C19H29IN4OS.